The minimum atomic E-state index is -4.01. The summed E-state index contributed by atoms with van der Waals surface area (Å²) in [6.45, 7) is -0.352. The number of aromatic nitrogens is 2. The second-order valence-corrected chi connectivity index (χ2v) is 11.0. The van der Waals surface area contributed by atoms with Crippen LogP contribution in [0, 0.1) is 0 Å². The number of aliphatic carboxylic acids is 1. The number of amides is 1. The van der Waals surface area contributed by atoms with Gasteiger partial charge in [0.25, 0.3) is 21.5 Å². The van der Waals surface area contributed by atoms with Gasteiger partial charge >= 0.3 is 11.7 Å². The molecule has 0 atom stereocenters. The number of H-pyrrole nitrogens is 1. The number of benzene rings is 2. The Morgan fingerprint density at radius 1 is 1.11 bits per heavy atom. The molecule has 3 heterocycles. The van der Waals surface area contributed by atoms with E-state index in [1.165, 1.54) is 34.0 Å². The highest BCUT2D eigenvalue weighted by Crippen LogP contribution is 2.32. The van der Waals surface area contributed by atoms with Crippen LogP contribution < -0.4 is 20.9 Å². The van der Waals surface area contributed by atoms with Crippen LogP contribution in [0.2, 0.25) is 0 Å². The van der Waals surface area contributed by atoms with Gasteiger partial charge in [-0.25, -0.2) is 17.8 Å². The van der Waals surface area contributed by atoms with Gasteiger partial charge in [0, 0.05) is 11.9 Å². The lowest BCUT2D eigenvalue weighted by molar-refractivity contribution is -0.135. The number of carboxylic acids is 1. The maximum atomic E-state index is 13.6. The van der Waals surface area contributed by atoms with Crippen LogP contribution in [-0.2, 0) is 21.2 Å². The summed E-state index contributed by atoms with van der Waals surface area (Å²) < 4.78 is 29.3. The lowest BCUT2D eigenvalue weighted by atomic mass is 10.0. The van der Waals surface area contributed by atoms with Crippen LogP contribution in [0.4, 0.5) is 5.69 Å². The molecule has 0 fully saturated rings. The number of para-hydroxylation sites is 1. The average Bonchev–Trinajstić information content (AvgIpc) is 3.31. The first kappa shape index (κ1) is 24.5. The number of aromatic amines is 1. The molecule has 0 unspecified atom stereocenters. The van der Waals surface area contributed by atoms with Crippen LogP contribution >= 0.6 is 11.3 Å². The first-order valence-corrected chi connectivity index (χ1v) is 13.5. The third-order valence-corrected chi connectivity index (χ3v) is 8.78. The van der Waals surface area contributed by atoms with E-state index in [-0.39, 0.29) is 26.4 Å². The first-order valence-electron chi connectivity index (χ1n) is 11.2. The standard InChI is InChI=1S/C24H20N4O7S2/c29-19(30)12-25-22(31)21-20-17(13-36-21)26-24(33)28(23(20)32)15-7-3-8-16(11-15)37(34,35)27-10-4-6-14-5-1-2-9-18(14)27/h1-3,5,7-9,11,13H,4,6,10,12H2,(H,25,31)(H,26,33)(H,29,30). The number of fused-ring (bicyclic) bond motifs is 2. The molecule has 0 spiro atoms. The molecule has 37 heavy (non-hydrogen) atoms. The molecule has 2 aromatic carbocycles. The highest BCUT2D eigenvalue weighted by atomic mass is 32.2. The predicted octanol–water partition coefficient (Wildman–Crippen LogP) is 1.70. The van der Waals surface area contributed by atoms with Gasteiger partial charge in [-0.1, -0.05) is 24.3 Å². The first-order chi connectivity index (χ1) is 17.7. The Labute approximate surface area is 213 Å². The molecule has 4 aromatic rings. The molecule has 0 aliphatic carbocycles. The normalized spacial score (nSPS) is 13.4. The molecule has 5 rings (SSSR count). The smallest absolute Gasteiger partial charge is 0.333 e. The number of aryl methyl sites for hydroxylation is 1. The number of carbonyl (C=O) groups excluding carboxylic acids is 1. The summed E-state index contributed by atoms with van der Waals surface area (Å²) in [4.78, 5) is 51.9. The molecule has 2 aromatic heterocycles. The van der Waals surface area contributed by atoms with Crippen molar-refractivity contribution in [3.8, 4) is 5.69 Å². The highest BCUT2D eigenvalue weighted by Gasteiger charge is 2.29. The number of carboxylic acid groups (broad SMARTS) is 1. The van der Waals surface area contributed by atoms with Crippen molar-refractivity contribution in [3.05, 3.63) is 85.2 Å². The zero-order chi connectivity index (χ0) is 26.3. The number of hydrogen-bond acceptors (Lipinski definition) is 7. The molecule has 3 N–H and O–H groups in total. The minimum absolute atomic E-state index is 0.00242. The number of thiophene rings is 1. The van der Waals surface area contributed by atoms with Gasteiger partial charge < -0.3 is 15.4 Å². The van der Waals surface area contributed by atoms with E-state index < -0.39 is 39.7 Å². The molecule has 0 saturated heterocycles. The third-order valence-electron chi connectivity index (χ3n) is 5.99. The SMILES string of the molecule is O=C(O)CNC(=O)c1scc2[nH]c(=O)n(-c3cccc(S(=O)(=O)N4CCCc5ccccc54)c3)c(=O)c12. The quantitative estimate of drug-likeness (QED) is 0.336. The summed E-state index contributed by atoms with van der Waals surface area (Å²) in [7, 11) is -4.01. The second kappa shape index (κ2) is 9.33. The van der Waals surface area contributed by atoms with Gasteiger partial charge in [-0.15, -0.1) is 11.3 Å². The molecular weight excluding hydrogens is 520 g/mol. The molecular formula is C24H20N4O7S2. The average molecular weight is 541 g/mol. The van der Waals surface area contributed by atoms with E-state index in [1.54, 1.807) is 12.1 Å². The van der Waals surface area contributed by atoms with Crippen LogP contribution in [-0.4, -0.2) is 48.0 Å². The topological polar surface area (TPSA) is 159 Å². The Bertz CT molecular complexity index is 1790. The largest absolute Gasteiger partial charge is 0.480 e. The number of nitrogens with one attached hydrogen (secondary N) is 2. The second-order valence-electron chi connectivity index (χ2n) is 8.31. The molecule has 11 nitrogen and oxygen atoms in total. The van der Waals surface area contributed by atoms with Crippen molar-refractivity contribution in [1.82, 2.24) is 14.9 Å². The fourth-order valence-corrected chi connectivity index (χ4v) is 6.82. The van der Waals surface area contributed by atoms with E-state index in [9.17, 15) is 27.6 Å². The summed E-state index contributed by atoms with van der Waals surface area (Å²) in [6.07, 6.45) is 1.41. The zero-order valence-electron chi connectivity index (χ0n) is 19.1. The lowest BCUT2D eigenvalue weighted by Crippen LogP contribution is -2.36. The summed E-state index contributed by atoms with van der Waals surface area (Å²) in [5.41, 5.74) is -0.0272. The van der Waals surface area contributed by atoms with Crippen LogP contribution in [0.3, 0.4) is 0 Å². The number of rotatable bonds is 6. The van der Waals surface area contributed by atoms with Crippen molar-refractivity contribution in [3.63, 3.8) is 0 Å². The van der Waals surface area contributed by atoms with Gasteiger partial charge in [0.1, 0.15) is 11.4 Å². The number of sulfonamides is 1. The van der Waals surface area contributed by atoms with Gasteiger partial charge in [-0.3, -0.25) is 18.7 Å². The van der Waals surface area contributed by atoms with Crippen LogP contribution in [0.5, 0.6) is 0 Å². The monoisotopic (exact) mass is 540 g/mol. The van der Waals surface area contributed by atoms with Crippen LogP contribution in [0.1, 0.15) is 21.7 Å². The van der Waals surface area contributed by atoms with E-state index in [4.69, 9.17) is 5.11 Å². The Morgan fingerprint density at radius 2 is 1.89 bits per heavy atom. The van der Waals surface area contributed by atoms with E-state index in [0.29, 0.717) is 18.7 Å². The van der Waals surface area contributed by atoms with Crippen molar-refractivity contribution in [1.29, 1.82) is 0 Å². The Morgan fingerprint density at radius 3 is 2.68 bits per heavy atom. The van der Waals surface area contributed by atoms with Gasteiger partial charge in [0.2, 0.25) is 0 Å². The van der Waals surface area contributed by atoms with Gasteiger partial charge in [-0.2, -0.15) is 0 Å². The number of anilines is 1. The van der Waals surface area contributed by atoms with Crippen LogP contribution in [0.25, 0.3) is 16.6 Å². The number of carbonyl (C=O) groups is 2. The van der Waals surface area contributed by atoms with E-state index in [0.717, 1.165) is 27.9 Å². The van der Waals surface area contributed by atoms with Crippen molar-refractivity contribution < 1.29 is 23.1 Å². The van der Waals surface area contributed by atoms with Gasteiger partial charge in [-0.05, 0) is 42.7 Å². The Hall–Kier alpha value is -4.23. The van der Waals surface area contributed by atoms with Crippen LogP contribution in [0.15, 0.2) is 68.4 Å². The molecule has 0 bridgehead atoms. The minimum Gasteiger partial charge on any atom is -0.480 e. The zero-order valence-corrected chi connectivity index (χ0v) is 20.8. The molecule has 1 aliphatic heterocycles. The van der Waals surface area contributed by atoms with Crippen molar-refractivity contribution in [2.45, 2.75) is 17.7 Å². The number of hydrogen-bond donors (Lipinski definition) is 3. The molecule has 0 saturated carbocycles. The summed E-state index contributed by atoms with van der Waals surface area (Å²) in [6, 6.07) is 12.7. The van der Waals surface area contributed by atoms with Crippen molar-refractivity contribution >= 4 is 49.8 Å². The predicted molar refractivity (Wildman–Crippen MR) is 137 cm³/mol. The summed E-state index contributed by atoms with van der Waals surface area (Å²) in [5.74, 6) is -2.03. The van der Waals surface area contributed by atoms with E-state index in [1.807, 2.05) is 12.1 Å². The molecule has 13 heteroatoms. The summed E-state index contributed by atoms with van der Waals surface area (Å²) in [5, 5.41) is 12.3. The molecule has 1 amide bonds. The fourth-order valence-electron chi connectivity index (χ4n) is 4.33. The van der Waals surface area contributed by atoms with E-state index in [2.05, 4.69) is 10.3 Å². The molecule has 1 aliphatic rings. The fraction of sp³-hybridized carbons (Fsp3) is 0.167. The Kier molecular flexibility index (Phi) is 6.17. The van der Waals surface area contributed by atoms with Crippen molar-refractivity contribution in [2.24, 2.45) is 0 Å². The third kappa shape index (κ3) is 4.32. The maximum Gasteiger partial charge on any atom is 0.333 e. The van der Waals surface area contributed by atoms with Gasteiger partial charge in [0.15, 0.2) is 0 Å². The van der Waals surface area contributed by atoms with Crippen molar-refractivity contribution in [2.75, 3.05) is 17.4 Å². The maximum absolute atomic E-state index is 13.6. The molecule has 0 radical (unpaired) electrons. The van der Waals surface area contributed by atoms with Gasteiger partial charge in [0.05, 0.1) is 27.2 Å². The number of nitrogens with zero attached hydrogens (tertiary/aromatic N) is 2. The summed E-state index contributed by atoms with van der Waals surface area (Å²) >= 11 is 0.878. The Balaban J connectivity index is 1.60. The lowest BCUT2D eigenvalue weighted by Gasteiger charge is -2.30. The molecule has 190 valence electrons. The highest BCUT2D eigenvalue weighted by molar-refractivity contribution is 7.92. The van der Waals surface area contributed by atoms with E-state index >= 15 is 0 Å².